The number of benzene rings is 2. The highest BCUT2D eigenvalue weighted by atomic mass is 15.2. The normalized spacial score (nSPS) is 11.3. The third kappa shape index (κ3) is 3.59. The van der Waals surface area contributed by atoms with Gasteiger partial charge in [0.1, 0.15) is 0 Å². The van der Waals surface area contributed by atoms with Gasteiger partial charge >= 0.3 is 0 Å². The van der Waals surface area contributed by atoms with Crippen LogP contribution in [0.2, 0.25) is 0 Å². The zero-order chi connectivity index (χ0) is 15.9. The molecule has 116 valence electrons. The van der Waals surface area contributed by atoms with Crippen LogP contribution < -0.4 is 21.7 Å². The van der Waals surface area contributed by atoms with Crippen molar-refractivity contribution in [2.45, 2.75) is 6.92 Å². The van der Waals surface area contributed by atoms with Gasteiger partial charge in [0.25, 0.3) is 0 Å². The van der Waals surface area contributed by atoms with Crippen LogP contribution in [0.1, 0.15) is 5.56 Å². The van der Waals surface area contributed by atoms with E-state index in [0.717, 1.165) is 11.4 Å². The SMILES string of the molecule is CN/C(=C\N)CN(CN)c1ccc(-c2ccccc2)cc1C. The summed E-state index contributed by atoms with van der Waals surface area (Å²) < 4.78 is 0. The fourth-order valence-electron chi connectivity index (χ4n) is 2.49. The summed E-state index contributed by atoms with van der Waals surface area (Å²) in [6.45, 7) is 3.20. The smallest absolute Gasteiger partial charge is 0.0661 e. The molecule has 0 aliphatic rings. The molecule has 0 unspecified atom stereocenters. The second-order valence-corrected chi connectivity index (χ2v) is 5.19. The first-order chi connectivity index (χ1) is 10.7. The molecule has 4 heteroatoms. The molecule has 22 heavy (non-hydrogen) atoms. The van der Waals surface area contributed by atoms with Crippen LogP contribution in [-0.2, 0) is 0 Å². The van der Waals surface area contributed by atoms with E-state index >= 15 is 0 Å². The van der Waals surface area contributed by atoms with Crippen molar-refractivity contribution in [1.29, 1.82) is 0 Å². The van der Waals surface area contributed by atoms with Gasteiger partial charge in [0.15, 0.2) is 0 Å². The molecule has 0 saturated heterocycles. The van der Waals surface area contributed by atoms with Crippen LogP contribution >= 0.6 is 0 Å². The Labute approximate surface area is 132 Å². The summed E-state index contributed by atoms with van der Waals surface area (Å²) in [5.74, 6) is 0. The van der Waals surface area contributed by atoms with E-state index in [2.05, 4.69) is 59.6 Å². The highest BCUT2D eigenvalue weighted by molar-refractivity contribution is 5.69. The van der Waals surface area contributed by atoms with Gasteiger partial charge in [-0.15, -0.1) is 0 Å². The lowest BCUT2D eigenvalue weighted by Gasteiger charge is -2.26. The third-order valence-corrected chi connectivity index (χ3v) is 3.75. The Morgan fingerprint density at radius 1 is 1.14 bits per heavy atom. The third-order valence-electron chi connectivity index (χ3n) is 3.75. The summed E-state index contributed by atoms with van der Waals surface area (Å²) in [6.07, 6.45) is 1.58. The van der Waals surface area contributed by atoms with E-state index in [-0.39, 0.29) is 0 Å². The molecule has 0 radical (unpaired) electrons. The fourth-order valence-corrected chi connectivity index (χ4v) is 2.49. The van der Waals surface area contributed by atoms with Gasteiger partial charge in [-0.2, -0.15) is 0 Å². The van der Waals surface area contributed by atoms with Gasteiger partial charge in [0, 0.05) is 24.6 Å². The lowest BCUT2D eigenvalue weighted by molar-refractivity contribution is 0.802. The number of likely N-dealkylation sites (N-methyl/N-ethyl adjacent to an activating group) is 1. The Hall–Kier alpha value is -2.46. The van der Waals surface area contributed by atoms with E-state index in [1.807, 2.05) is 13.1 Å². The number of nitrogens with zero attached hydrogens (tertiary/aromatic N) is 1. The number of hydrogen-bond acceptors (Lipinski definition) is 4. The van der Waals surface area contributed by atoms with Crippen molar-refractivity contribution in [2.24, 2.45) is 11.5 Å². The maximum atomic E-state index is 5.91. The van der Waals surface area contributed by atoms with Crippen molar-refractivity contribution < 1.29 is 0 Å². The van der Waals surface area contributed by atoms with Gasteiger partial charge in [-0.3, -0.25) is 0 Å². The van der Waals surface area contributed by atoms with E-state index in [1.165, 1.54) is 16.7 Å². The summed E-state index contributed by atoms with van der Waals surface area (Å²) in [5, 5.41) is 3.08. The quantitative estimate of drug-likeness (QED) is 0.716. The number of aryl methyl sites for hydroxylation is 1. The predicted molar refractivity (Wildman–Crippen MR) is 94.3 cm³/mol. The molecule has 2 aromatic carbocycles. The van der Waals surface area contributed by atoms with Crippen molar-refractivity contribution >= 4 is 5.69 Å². The predicted octanol–water partition coefficient (Wildman–Crippen LogP) is 2.40. The average Bonchev–Trinajstić information content (AvgIpc) is 2.57. The van der Waals surface area contributed by atoms with Crippen molar-refractivity contribution in [3.63, 3.8) is 0 Å². The van der Waals surface area contributed by atoms with E-state index in [4.69, 9.17) is 11.5 Å². The molecule has 0 amide bonds. The van der Waals surface area contributed by atoms with E-state index < -0.39 is 0 Å². The van der Waals surface area contributed by atoms with Crippen LogP contribution in [0.3, 0.4) is 0 Å². The Bertz CT molecular complexity index is 635. The second-order valence-electron chi connectivity index (χ2n) is 5.19. The van der Waals surface area contributed by atoms with Crippen molar-refractivity contribution in [2.75, 3.05) is 25.2 Å². The molecule has 0 spiro atoms. The molecule has 0 aliphatic carbocycles. The van der Waals surface area contributed by atoms with E-state index in [0.29, 0.717) is 13.2 Å². The lowest BCUT2D eigenvalue weighted by Crippen LogP contribution is -2.35. The first-order valence-electron chi connectivity index (χ1n) is 7.39. The number of hydrogen-bond donors (Lipinski definition) is 3. The molecular weight excluding hydrogens is 272 g/mol. The van der Waals surface area contributed by atoms with E-state index in [1.54, 1.807) is 6.20 Å². The second kappa shape index (κ2) is 7.52. The van der Waals surface area contributed by atoms with Crippen LogP contribution in [0.5, 0.6) is 0 Å². The zero-order valence-corrected chi connectivity index (χ0v) is 13.2. The topological polar surface area (TPSA) is 67.3 Å². The van der Waals surface area contributed by atoms with Crippen molar-refractivity contribution in [3.8, 4) is 11.1 Å². The fraction of sp³-hybridized carbons (Fsp3) is 0.222. The van der Waals surface area contributed by atoms with Gasteiger partial charge in [-0.25, -0.2) is 0 Å². The maximum Gasteiger partial charge on any atom is 0.0661 e. The summed E-state index contributed by atoms with van der Waals surface area (Å²) in [4.78, 5) is 2.10. The Balaban J connectivity index is 2.28. The monoisotopic (exact) mass is 296 g/mol. The molecule has 0 heterocycles. The highest BCUT2D eigenvalue weighted by Gasteiger charge is 2.10. The Morgan fingerprint density at radius 2 is 1.86 bits per heavy atom. The molecule has 0 saturated carbocycles. The first-order valence-corrected chi connectivity index (χ1v) is 7.39. The molecule has 2 aromatic rings. The number of nitrogens with one attached hydrogen (secondary N) is 1. The van der Waals surface area contributed by atoms with Crippen LogP contribution in [0.15, 0.2) is 60.4 Å². The number of anilines is 1. The van der Waals surface area contributed by atoms with Crippen LogP contribution in [0.25, 0.3) is 11.1 Å². The highest BCUT2D eigenvalue weighted by Crippen LogP contribution is 2.27. The zero-order valence-electron chi connectivity index (χ0n) is 13.2. The van der Waals surface area contributed by atoms with Crippen LogP contribution in [-0.4, -0.2) is 20.3 Å². The summed E-state index contributed by atoms with van der Waals surface area (Å²) in [6, 6.07) is 16.8. The van der Waals surface area contributed by atoms with Crippen molar-refractivity contribution in [3.05, 3.63) is 66.0 Å². The van der Waals surface area contributed by atoms with Crippen LogP contribution in [0.4, 0.5) is 5.69 Å². The average molecular weight is 296 g/mol. The number of nitrogens with two attached hydrogens (primary N) is 2. The summed E-state index contributed by atoms with van der Waals surface area (Å²) in [5.41, 5.74) is 17.2. The molecule has 0 atom stereocenters. The van der Waals surface area contributed by atoms with Gasteiger partial charge in [-0.1, -0.05) is 36.4 Å². The minimum Gasteiger partial charge on any atom is -0.403 e. The lowest BCUT2D eigenvalue weighted by atomic mass is 10.0. The largest absolute Gasteiger partial charge is 0.403 e. The Morgan fingerprint density at radius 3 is 2.41 bits per heavy atom. The molecule has 0 fully saturated rings. The van der Waals surface area contributed by atoms with Crippen molar-refractivity contribution in [1.82, 2.24) is 5.32 Å². The van der Waals surface area contributed by atoms with Gasteiger partial charge in [0.05, 0.1) is 13.2 Å². The van der Waals surface area contributed by atoms with E-state index in [9.17, 15) is 0 Å². The van der Waals surface area contributed by atoms with Gasteiger partial charge < -0.3 is 21.7 Å². The molecule has 0 bridgehead atoms. The minimum atomic E-state index is 0.435. The Kier molecular flexibility index (Phi) is 5.44. The summed E-state index contributed by atoms with van der Waals surface area (Å²) >= 11 is 0. The standard InChI is InChI=1S/C18H24N4/c1-14-10-16(15-6-4-3-5-7-15)8-9-18(14)22(13-20)12-17(11-19)21-2/h3-11,21H,12-13,19-20H2,1-2H3/b17-11-. The molecule has 4 nitrogen and oxygen atoms in total. The summed E-state index contributed by atoms with van der Waals surface area (Å²) in [7, 11) is 1.86. The van der Waals surface area contributed by atoms with Gasteiger partial charge in [0.2, 0.25) is 0 Å². The maximum absolute atomic E-state index is 5.91. The molecule has 0 aromatic heterocycles. The number of rotatable bonds is 6. The first kappa shape index (κ1) is 15.9. The van der Waals surface area contributed by atoms with Gasteiger partial charge in [-0.05, 0) is 35.7 Å². The molecule has 2 rings (SSSR count). The minimum absolute atomic E-state index is 0.435. The molecule has 0 aliphatic heterocycles. The molecular formula is C18H24N4. The van der Waals surface area contributed by atoms with Crippen LogP contribution in [0, 0.1) is 6.92 Å². The molecule has 5 N–H and O–H groups in total.